The van der Waals surface area contributed by atoms with E-state index < -0.39 is 22.2 Å². The molecule has 10 heteroatoms. The van der Waals surface area contributed by atoms with Crippen molar-refractivity contribution in [2.75, 3.05) is 5.32 Å². The Bertz CT molecular complexity index is 1610. The van der Waals surface area contributed by atoms with Crippen LogP contribution in [0.5, 0.6) is 0 Å². The summed E-state index contributed by atoms with van der Waals surface area (Å²) in [6.45, 7) is 5.02. The fourth-order valence-corrected chi connectivity index (χ4v) is 3.85. The molecule has 176 valence electrons. The van der Waals surface area contributed by atoms with E-state index in [1.54, 1.807) is 13.8 Å². The molecule has 0 saturated heterocycles. The summed E-state index contributed by atoms with van der Waals surface area (Å²) < 4.78 is 21.3. The lowest BCUT2D eigenvalue weighted by atomic mass is 10.0. The molecule has 0 fully saturated rings. The highest BCUT2D eigenvalue weighted by molar-refractivity contribution is 6.13. The van der Waals surface area contributed by atoms with Gasteiger partial charge in [0.05, 0.1) is 16.2 Å². The lowest BCUT2D eigenvalue weighted by Gasteiger charge is -2.13. The zero-order valence-corrected chi connectivity index (χ0v) is 19.0. The largest absolute Gasteiger partial charge is 0.450 e. The van der Waals surface area contributed by atoms with Gasteiger partial charge in [-0.25, -0.2) is 4.39 Å². The van der Waals surface area contributed by atoms with Crippen molar-refractivity contribution in [2.45, 2.75) is 26.8 Å². The van der Waals surface area contributed by atoms with Crippen molar-refractivity contribution in [3.05, 3.63) is 91.8 Å². The molecular formula is C25H19FN4O5. The van der Waals surface area contributed by atoms with Crippen LogP contribution < -0.4 is 10.9 Å². The predicted octanol–water partition coefficient (Wildman–Crippen LogP) is 5.32. The zero-order valence-electron chi connectivity index (χ0n) is 19.0. The van der Waals surface area contributed by atoms with Crippen molar-refractivity contribution < 1.29 is 18.5 Å². The summed E-state index contributed by atoms with van der Waals surface area (Å²) in [7, 11) is 0. The molecule has 0 spiro atoms. The van der Waals surface area contributed by atoms with E-state index in [-0.39, 0.29) is 50.8 Å². The van der Waals surface area contributed by atoms with Crippen LogP contribution in [-0.2, 0) is 0 Å². The molecule has 2 aromatic carbocycles. The number of amides is 1. The number of nitrogens with one attached hydrogen (secondary N) is 1. The van der Waals surface area contributed by atoms with E-state index in [0.29, 0.717) is 5.56 Å². The van der Waals surface area contributed by atoms with Crippen LogP contribution in [0.2, 0.25) is 0 Å². The Kier molecular flexibility index (Phi) is 5.93. The molecule has 0 saturated carbocycles. The van der Waals surface area contributed by atoms with Crippen molar-refractivity contribution in [3.63, 3.8) is 0 Å². The van der Waals surface area contributed by atoms with Gasteiger partial charge in [-0.15, -0.1) is 0 Å². The first-order chi connectivity index (χ1) is 16.6. The summed E-state index contributed by atoms with van der Waals surface area (Å²) in [6, 6.07) is 10.9. The molecule has 0 aliphatic heterocycles. The fraction of sp³-hybridized carbons (Fsp3) is 0.160. The Hall–Kier alpha value is -4.78. The highest BCUT2D eigenvalue weighted by Gasteiger charge is 2.25. The topological polar surface area (TPSA) is 131 Å². The van der Waals surface area contributed by atoms with Gasteiger partial charge in [0.2, 0.25) is 5.76 Å². The Morgan fingerprint density at radius 1 is 1.26 bits per heavy atom. The molecule has 4 rings (SSSR count). The minimum absolute atomic E-state index is 0.150. The van der Waals surface area contributed by atoms with Crippen LogP contribution in [0.3, 0.4) is 0 Å². The molecule has 2 heterocycles. The number of nitro benzene ring substituents is 1. The third kappa shape index (κ3) is 4.15. The number of hydrogen-bond acceptors (Lipinski definition) is 6. The number of rotatable bonds is 5. The van der Waals surface area contributed by atoms with E-state index in [2.05, 4.69) is 5.32 Å². The number of pyridine rings is 1. The van der Waals surface area contributed by atoms with Gasteiger partial charge in [0.25, 0.3) is 17.2 Å². The number of aromatic nitrogens is 1. The number of benzene rings is 2. The molecule has 35 heavy (non-hydrogen) atoms. The van der Waals surface area contributed by atoms with E-state index >= 15 is 0 Å². The summed E-state index contributed by atoms with van der Waals surface area (Å²) in [5.41, 5.74) is 0.333. The summed E-state index contributed by atoms with van der Waals surface area (Å²) in [5.74, 6) is -1.51. The monoisotopic (exact) mass is 474 g/mol. The molecule has 0 bridgehead atoms. The average Bonchev–Trinajstić information content (AvgIpc) is 3.19. The number of hydrogen-bond donors (Lipinski definition) is 1. The molecule has 0 unspecified atom stereocenters. The van der Waals surface area contributed by atoms with Crippen LogP contribution >= 0.6 is 0 Å². The number of fused-ring (bicyclic) bond motifs is 1. The highest BCUT2D eigenvalue weighted by atomic mass is 19.1. The Labute approximate surface area is 198 Å². The number of carbonyl (C=O) groups excluding carboxylic acids is 1. The molecule has 0 aliphatic rings. The summed E-state index contributed by atoms with van der Waals surface area (Å²) in [4.78, 5) is 36.6. The standard InChI is InChI=1S/C25H19FN4O5/c1-13(2)29-12-16(9-15(11-27)25(29)32)22-18-10-17(26)7-8-21(18)35-23(22)24(31)28-19-5-4-6-20(14(19)3)30(33)34/h4-10,12-13H,1-3H3,(H,28,31). The first kappa shape index (κ1) is 23.4. The molecule has 4 aromatic rings. The van der Waals surface area contributed by atoms with Crippen molar-refractivity contribution in [1.82, 2.24) is 4.57 Å². The summed E-state index contributed by atoms with van der Waals surface area (Å²) >= 11 is 0. The average molecular weight is 474 g/mol. The van der Waals surface area contributed by atoms with Crippen LogP contribution in [0.25, 0.3) is 22.1 Å². The Morgan fingerprint density at radius 2 is 2.00 bits per heavy atom. The first-order valence-electron chi connectivity index (χ1n) is 10.6. The van der Waals surface area contributed by atoms with Crippen molar-refractivity contribution in [2.24, 2.45) is 0 Å². The first-order valence-corrected chi connectivity index (χ1v) is 10.6. The maximum atomic E-state index is 14.2. The normalized spacial score (nSPS) is 11.0. The van der Waals surface area contributed by atoms with Crippen molar-refractivity contribution in [3.8, 4) is 17.2 Å². The molecule has 0 aliphatic carbocycles. The minimum atomic E-state index is -0.735. The minimum Gasteiger partial charge on any atom is -0.450 e. The lowest BCUT2D eigenvalue weighted by molar-refractivity contribution is -0.385. The van der Waals surface area contributed by atoms with Crippen molar-refractivity contribution >= 4 is 28.3 Å². The molecule has 1 amide bonds. The van der Waals surface area contributed by atoms with Crippen LogP contribution in [0.4, 0.5) is 15.8 Å². The second kappa shape index (κ2) is 8.87. The van der Waals surface area contributed by atoms with Crippen LogP contribution in [0.15, 0.2) is 57.9 Å². The van der Waals surface area contributed by atoms with Gasteiger partial charge in [-0.05, 0) is 51.1 Å². The number of furan rings is 1. The zero-order chi connectivity index (χ0) is 25.4. The Balaban J connectivity index is 1.94. The maximum Gasteiger partial charge on any atom is 0.292 e. The maximum absolute atomic E-state index is 14.2. The molecule has 2 aromatic heterocycles. The van der Waals surface area contributed by atoms with Gasteiger partial charge >= 0.3 is 0 Å². The van der Waals surface area contributed by atoms with Gasteiger partial charge < -0.3 is 14.3 Å². The van der Waals surface area contributed by atoms with Gasteiger partial charge in [-0.3, -0.25) is 19.7 Å². The SMILES string of the molecule is Cc1c(NC(=O)c2oc3ccc(F)cc3c2-c2cc(C#N)c(=O)n(C(C)C)c2)cccc1[N+](=O)[O-]. The van der Waals surface area contributed by atoms with Gasteiger partial charge in [0.15, 0.2) is 0 Å². The van der Waals surface area contributed by atoms with E-state index in [4.69, 9.17) is 4.42 Å². The van der Waals surface area contributed by atoms with Crippen LogP contribution in [0.1, 0.15) is 41.6 Å². The second-order valence-electron chi connectivity index (χ2n) is 8.17. The quantitative estimate of drug-likeness (QED) is 0.308. The van der Waals surface area contributed by atoms with Gasteiger partial charge in [0.1, 0.15) is 23.0 Å². The number of nitriles is 1. The third-order valence-corrected chi connectivity index (χ3v) is 5.61. The number of nitro groups is 1. The molecule has 0 atom stereocenters. The molecule has 9 nitrogen and oxygen atoms in total. The molecular weight excluding hydrogens is 455 g/mol. The number of carbonyl (C=O) groups is 1. The van der Waals surface area contributed by atoms with E-state index in [1.807, 2.05) is 6.07 Å². The highest BCUT2D eigenvalue weighted by Crippen LogP contribution is 2.36. The van der Waals surface area contributed by atoms with Gasteiger partial charge in [-0.1, -0.05) is 6.07 Å². The molecule has 0 radical (unpaired) electrons. The second-order valence-corrected chi connectivity index (χ2v) is 8.17. The van der Waals surface area contributed by atoms with E-state index in [9.17, 15) is 29.4 Å². The third-order valence-electron chi connectivity index (χ3n) is 5.61. The van der Waals surface area contributed by atoms with Crippen LogP contribution in [-0.4, -0.2) is 15.4 Å². The lowest BCUT2D eigenvalue weighted by Crippen LogP contribution is -2.24. The Morgan fingerprint density at radius 3 is 2.66 bits per heavy atom. The smallest absolute Gasteiger partial charge is 0.292 e. The van der Waals surface area contributed by atoms with E-state index in [0.717, 1.165) is 0 Å². The van der Waals surface area contributed by atoms with E-state index in [1.165, 1.54) is 60.2 Å². The number of halogens is 1. The van der Waals surface area contributed by atoms with Gasteiger partial charge in [0, 0.05) is 34.8 Å². The number of anilines is 1. The predicted molar refractivity (Wildman–Crippen MR) is 127 cm³/mol. The van der Waals surface area contributed by atoms with Crippen molar-refractivity contribution in [1.29, 1.82) is 5.26 Å². The molecule has 1 N–H and O–H groups in total. The summed E-state index contributed by atoms with van der Waals surface area (Å²) in [5, 5.41) is 23.7. The van der Waals surface area contributed by atoms with Gasteiger partial charge in [-0.2, -0.15) is 5.26 Å². The summed E-state index contributed by atoms with van der Waals surface area (Å²) in [6.07, 6.45) is 1.48. The number of nitrogens with zero attached hydrogens (tertiary/aromatic N) is 3. The van der Waals surface area contributed by atoms with Crippen LogP contribution in [0, 0.1) is 34.2 Å². The fourth-order valence-electron chi connectivity index (χ4n) is 3.85.